The average Bonchev–Trinajstić information content (AvgIpc) is 3.69. The van der Waals surface area contributed by atoms with Gasteiger partial charge < -0.3 is 16.0 Å². The number of hydrogen-bond acceptors (Lipinski definition) is 3. The molecule has 4 N–H and O–H groups in total. The smallest absolute Gasteiger partial charge is 0.324 e. The van der Waals surface area contributed by atoms with Crippen LogP contribution in [0.5, 0.6) is 0 Å². The minimum atomic E-state index is -3.36. The predicted molar refractivity (Wildman–Crippen MR) is 116 cm³/mol. The molecule has 3 fully saturated rings. The highest BCUT2D eigenvalue weighted by molar-refractivity contribution is 5.84. The van der Waals surface area contributed by atoms with Gasteiger partial charge in [-0.15, -0.1) is 0 Å². The summed E-state index contributed by atoms with van der Waals surface area (Å²) in [6, 6.07) is 4.47. The molecule has 0 aliphatic heterocycles. The topological polar surface area (TPSA) is 83.8 Å². The monoisotopic (exact) mass is 466 g/mol. The van der Waals surface area contributed by atoms with Crippen LogP contribution in [0.2, 0.25) is 0 Å². The third kappa shape index (κ3) is 5.03. The highest BCUT2D eigenvalue weighted by Crippen LogP contribution is 2.44. The average molecular weight is 467 g/mol. The number of aromatic nitrogens is 2. The molecule has 0 bridgehead atoms. The molecule has 1 aromatic heterocycles. The van der Waals surface area contributed by atoms with Crippen LogP contribution in [0.3, 0.4) is 0 Å². The SMILES string of the molecule is N[C@H](c1nc2ccc([C@H](NC(=O)C(F)(F)CC3CC3)C3CC3)cc2[nH]1)C1CCC(F)(F)CC1. The van der Waals surface area contributed by atoms with E-state index in [2.05, 4.69) is 15.3 Å². The molecule has 3 aliphatic carbocycles. The zero-order valence-electron chi connectivity index (χ0n) is 18.4. The van der Waals surface area contributed by atoms with E-state index in [9.17, 15) is 22.4 Å². The number of imidazole rings is 1. The Balaban J connectivity index is 1.32. The molecule has 0 radical (unpaired) electrons. The maximum absolute atomic E-state index is 14.3. The normalized spacial score (nSPS) is 23.4. The molecule has 0 unspecified atom stereocenters. The molecule has 2 aromatic rings. The number of benzene rings is 1. The molecule has 180 valence electrons. The van der Waals surface area contributed by atoms with Gasteiger partial charge in [0.2, 0.25) is 5.92 Å². The number of H-pyrrole nitrogens is 1. The zero-order chi connectivity index (χ0) is 23.4. The molecule has 1 heterocycles. The Hall–Kier alpha value is -2.16. The van der Waals surface area contributed by atoms with E-state index in [1.54, 1.807) is 6.07 Å². The molecule has 3 saturated carbocycles. The van der Waals surface area contributed by atoms with Crippen molar-refractivity contribution in [3.8, 4) is 0 Å². The fourth-order valence-corrected chi connectivity index (χ4v) is 4.97. The lowest BCUT2D eigenvalue weighted by molar-refractivity contribution is -0.148. The first-order valence-electron chi connectivity index (χ1n) is 11.9. The largest absolute Gasteiger partial charge is 0.344 e. The summed E-state index contributed by atoms with van der Waals surface area (Å²) in [5.41, 5.74) is 8.48. The van der Waals surface area contributed by atoms with Crippen LogP contribution in [0.4, 0.5) is 17.6 Å². The van der Waals surface area contributed by atoms with Gasteiger partial charge >= 0.3 is 5.92 Å². The number of hydrogen-bond donors (Lipinski definition) is 3. The first-order valence-corrected chi connectivity index (χ1v) is 11.9. The summed E-state index contributed by atoms with van der Waals surface area (Å²) in [5, 5.41) is 2.60. The second kappa shape index (κ2) is 8.25. The van der Waals surface area contributed by atoms with Crippen LogP contribution in [0, 0.1) is 17.8 Å². The third-order valence-electron chi connectivity index (χ3n) is 7.42. The van der Waals surface area contributed by atoms with E-state index in [1.165, 1.54) is 0 Å². The van der Waals surface area contributed by atoms with E-state index in [1.807, 2.05) is 12.1 Å². The number of nitrogens with one attached hydrogen (secondary N) is 2. The van der Waals surface area contributed by atoms with Gasteiger partial charge in [-0.05, 0) is 74.0 Å². The number of carbonyl (C=O) groups is 1. The van der Waals surface area contributed by atoms with Gasteiger partial charge in [-0.25, -0.2) is 13.8 Å². The number of halogens is 4. The molecule has 1 aromatic carbocycles. The number of rotatable bonds is 8. The Bertz CT molecular complexity index is 1020. The summed E-state index contributed by atoms with van der Waals surface area (Å²) < 4.78 is 55.7. The number of nitrogens with zero attached hydrogens (tertiary/aromatic N) is 1. The molecule has 0 saturated heterocycles. The van der Waals surface area contributed by atoms with Crippen molar-refractivity contribution in [3.05, 3.63) is 29.6 Å². The Labute approximate surface area is 189 Å². The van der Waals surface area contributed by atoms with Gasteiger partial charge in [-0.3, -0.25) is 4.79 Å². The molecule has 1 amide bonds. The molecule has 5 rings (SSSR count). The number of amides is 1. The van der Waals surface area contributed by atoms with Crippen molar-refractivity contribution in [1.82, 2.24) is 15.3 Å². The molecule has 9 heteroatoms. The molecule has 33 heavy (non-hydrogen) atoms. The second-order valence-corrected chi connectivity index (χ2v) is 10.3. The lowest BCUT2D eigenvalue weighted by Gasteiger charge is -2.31. The maximum atomic E-state index is 14.3. The quantitative estimate of drug-likeness (QED) is 0.456. The Morgan fingerprint density at radius 1 is 1.15 bits per heavy atom. The minimum absolute atomic E-state index is 0.0514. The number of aromatic amines is 1. The van der Waals surface area contributed by atoms with Gasteiger partial charge in [0.1, 0.15) is 5.82 Å². The van der Waals surface area contributed by atoms with Crippen molar-refractivity contribution in [2.45, 2.75) is 81.7 Å². The molecule has 3 aliphatic rings. The number of fused-ring (bicyclic) bond motifs is 1. The van der Waals surface area contributed by atoms with Gasteiger partial charge in [0.25, 0.3) is 5.91 Å². The van der Waals surface area contributed by atoms with Crippen LogP contribution in [0.15, 0.2) is 18.2 Å². The Kier molecular flexibility index (Phi) is 5.66. The Morgan fingerprint density at radius 2 is 1.85 bits per heavy atom. The van der Waals surface area contributed by atoms with Crippen molar-refractivity contribution in [3.63, 3.8) is 0 Å². The standard InChI is InChI=1S/C24H30F4N4O/c25-23(26)9-7-14(8-10-23)19(29)21-30-17-6-5-16(11-18(17)31-21)20(15-3-4-15)32-22(33)24(27,28)12-13-1-2-13/h5-6,11,13-15,19-20H,1-4,7-10,12,29H2,(H,30,31)(H,32,33)/t19-,20+/m0/s1. The van der Waals surface area contributed by atoms with Gasteiger partial charge in [0, 0.05) is 19.3 Å². The van der Waals surface area contributed by atoms with Crippen LogP contribution in [-0.2, 0) is 4.79 Å². The summed E-state index contributed by atoms with van der Waals surface area (Å²) in [6.45, 7) is 0. The summed E-state index contributed by atoms with van der Waals surface area (Å²) in [7, 11) is 0. The maximum Gasteiger partial charge on any atom is 0.324 e. The highest BCUT2D eigenvalue weighted by Gasteiger charge is 2.46. The van der Waals surface area contributed by atoms with E-state index < -0.39 is 29.8 Å². The fourth-order valence-electron chi connectivity index (χ4n) is 4.97. The van der Waals surface area contributed by atoms with Crippen LogP contribution in [-0.4, -0.2) is 27.7 Å². The van der Waals surface area contributed by atoms with Gasteiger partial charge in [0.15, 0.2) is 0 Å². The van der Waals surface area contributed by atoms with Crippen molar-refractivity contribution < 1.29 is 22.4 Å². The molecular weight excluding hydrogens is 436 g/mol. The van der Waals surface area contributed by atoms with Crippen LogP contribution in [0.1, 0.15) is 81.3 Å². The Morgan fingerprint density at radius 3 is 2.48 bits per heavy atom. The first kappa shape index (κ1) is 22.6. The van der Waals surface area contributed by atoms with Crippen molar-refractivity contribution in [2.75, 3.05) is 0 Å². The van der Waals surface area contributed by atoms with E-state index in [4.69, 9.17) is 5.73 Å². The van der Waals surface area contributed by atoms with E-state index in [0.29, 0.717) is 29.7 Å². The van der Waals surface area contributed by atoms with Crippen molar-refractivity contribution >= 4 is 16.9 Å². The predicted octanol–water partition coefficient (Wildman–Crippen LogP) is 5.39. The van der Waals surface area contributed by atoms with Crippen molar-refractivity contribution in [2.24, 2.45) is 23.5 Å². The first-order chi connectivity index (χ1) is 15.6. The summed E-state index contributed by atoms with van der Waals surface area (Å²) >= 11 is 0. The summed E-state index contributed by atoms with van der Waals surface area (Å²) in [5.74, 6) is -6.62. The summed E-state index contributed by atoms with van der Waals surface area (Å²) in [4.78, 5) is 20.1. The number of nitrogens with two attached hydrogens (primary N) is 1. The summed E-state index contributed by atoms with van der Waals surface area (Å²) in [6.07, 6.45) is 3.27. The number of alkyl halides is 4. The van der Waals surface area contributed by atoms with E-state index >= 15 is 0 Å². The lowest BCUT2D eigenvalue weighted by atomic mass is 9.82. The third-order valence-corrected chi connectivity index (χ3v) is 7.42. The van der Waals surface area contributed by atoms with Gasteiger partial charge in [0.05, 0.1) is 23.1 Å². The van der Waals surface area contributed by atoms with Gasteiger partial charge in [-0.2, -0.15) is 8.78 Å². The van der Waals surface area contributed by atoms with E-state index in [0.717, 1.165) is 31.2 Å². The molecule has 5 nitrogen and oxygen atoms in total. The molecule has 0 spiro atoms. The molecule has 2 atom stereocenters. The van der Waals surface area contributed by atoms with Crippen molar-refractivity contribution in [1.29, 1.82) is 0 Å². The second-order valence-electron chi connectivity index (χ2n) is 10.3. The van der Waals surface area contributed by atoms with Gasteiger partial charge in [-0.1, -0.05) is 6.07 Å². The number of carbonyl (C=O) groups excluding carboxylic acids is 1. The molecular formula is C24H30F4N4O. The van der Waals surface area contributed by atoms with Crippen LogP contribution < -0.4 is 11.1 Å². The van der Waals surface area contributed by atoms with Crippen LogP contribution in [0.25, 0.3) is 11.0 Å². The van der Waals surface area contributed by atoms with Crippen LogP contribution >= 0.6 is 0 Å². The zero-order valence-corrected chi connectivity index (χ0v) is 18.4. The highest BCUT2D eigenvalue weighted by atomic mass is 19.3. The fraction of sp³-hybridized carbons (Fsp3) is 0.667. The minimum Gasteiger partial charge on any atom is -0.344 e. The van der Waals surface area contributed by atoms with E-state index in [-0.39, 0.29) is 37.0 Å². The lowest BCUT2D eigenvalue weighted by Crippen LogP contribution is -2.42.